The summed E-state index contributed by atoms with van der Waals surface area (Å²) in [5.74, 6) is 0. The molecule has 0 aliphatic rings. The fourth-order valence-corrected chi connectivity index (χ4v) is 2.09. The molecule has 0 aliphatic carbocycles. The maximum absolute atomic E-state index is 3.45. The smallest absolute Gasteiger partial charge is 0.0199 e. The first-order valence-electron chi connectivity index (χ1n) is 5.43. The van der Waals surface area contributed by atoms with E-state index in [1.807, 2.05) is 6.07 Å². The molecule has 81 valence electrons. The lowest BCUT2D eigenvalue weighted by molar-refractivity contribution is 1.16. The van der Waals surface area contributed by atoms with Crippen LogP contribution >= 0.6 is 15.9 Å². The zero-order valence-electron chi connectivity index (χ0n) is 9.07. The van der Waals surface area contributed by atoms with Gasteiger partial charge in [0.2, 0.25) is 0 Å². The van der Waals surface area contributed by atoms with Gasteiger partial charge in [-0.2, -0.15) is 0 Å². The van der Waals surface area contributed by atoms with Gasteiger partial charge in [0.15, 0.2) is 0 Å². The largest absolute Gasteiger partial charge is 0.0924 e. The molecule has 1 heteroatoms. The number of hydrogen-bond donors (Lipinski definition) is 0. The van der Waals surface area contributed by atoms with Crippen LogP contribution in [0, 0.1) is 6.42 Å². The van der Waals surface area contributed by atoms with Gasteiger partial charge in [-0.05, 0) is 23.1 Å². The fraction of sp³-hybridized carbons (Fsp3) is 0.133. The Hall–Kier alpha value is -1.08. The van der Waals surface area contributed by atoms with Gasteiger partial charge in [-0.25, -0.2) is 0 Å². The van der Waals surface area contributed by atoms with Gasteiger partial charge in [0.25, 0.3) is 0 Å². The second kappa shape index (κ2) is 5.86. The molecular weight excluding hydrogens is 260 g/mol. The first-order chi connectivity index (χ1) is 7.88. The molecule has 0 heterocycles. The Balaban J connectivity index is 2.05. The highest BCUT2D eigenvalue weighted by Gasteiger charge is 1.96. The van der Waals surface area contributed by atoms with Crippen LogP contribution in [0.5, 0.6) is 0 Å². The van der Waals surface area contributed by atoms with E-state index in [2.05, 4.69) is 70.9 Å². The Labute approximate surface area is 105 Å². The zero-order valence-corrected chi connectivity index (χ0v) is 10.7. The summed E-state index contributed by atoms with van der Waals surface area (Å²) < 4.78 is 0. The number of aryl methyl sites for hydroxylation is 1. The molecule has 0 amide bonds. The topological polar surface area (TPSA) is 0 Å². The molecule has 0 nitrogen and oxygen atoms in total. The van der Waals surface area contributed by atoms with Crippen LogP contribution in [0.4, 0.5) is 0 Å². The average Bonchev–Trinajstić information content (AvgIpc) is 2.33. The van der Waals surface area contributed by atoms with E-state index in [1.165, 1.54) is 16.7 Å². The minimum absolute atomic E-state index is 1.02. The predicted octanol–water partition coefficient (Wildman–Crippen LogP) is 4.22. The molecule has 16 heavy (non-hydrogen) atoms. The van der Waals surface area contributed by atoms with Crippen LogP contribution in [-0.2, 0) is 6.42 Å². The van der Waals surface area contributed by atoms with Gasteiger partial charge in [0, 0.05) is 11.8 Å². The van der Waals surface area contributed by atoms with Crippen LogP contribution in [-0.4, -0.2) is 5.33 Å². The van der Waals surface area contributed by atoms with Gasteiger partial charge in [-0.3, -0.25) is 0 Å². The highest BCUT2D eigenvalue weighted by Crippen LogP contribution is 2.13. The maximum atomic E-state index is 3.45. The van der Waals surface area contributed by atoms with E-state index >= 15 is 0 Å². The Morgan fingerprint density at radius 2 is 1.44 bits per heavy atom. The molecule has 0 bridgehead atoms. The SMILES string of the molecule is BrCCc1ccc([CH]c2ccccc2)cc1. The normalized spacial score (nSPS) is 10.3. The van der Waals surface area contributed by atoms with Crippen molar-refractivity contribution >= 4 is 15.9 Å². The summed E-state index contributed by atoms with van der Waals surface area (Å²) in [6, 6.07) is 19.1. The van der Waals surface area contributed by atoms with Gasteiger partial charge in [0.05, 0.1) is 0 Å². The van der Waals surface area contributed by atoms with Crippen LogP contribution < -0.4 is 0 Å². The van der Waals surface area contributed by atoms with Gasteiger partial charge in [-0.1, -0.05) is 70.5 Å². The second-order valence-corrected chi connectivity index (χ2v) is 4.53. The lowest BCUT2D eigenvalue weighted by Crippen LogP contribution is -1.88. The molecule has 1 radical (unpaired) electrons. The van der Waals surface area contributed by atoms with Crippen LogP contribution in [0.15, 0.2) is 54.6 Å². The van der Waals surface area contributed by atoms with Crippen molar-refractivity contribution in [2.75, 3.05) is 5.33 Å². The van der Waals surface area contributed by atoms with Crippen molar-refractivity contribution in [3.05, 3.63) is 77.7 Å². The van der Waals surface area contributed by atoms with Crippen LogP contribution in [0.1, 0.15) is 16.7 Å². The van der Waals surface area contributed by atoms with E-state index in [4.69, 9.17) is 0 Å². The summed E-state index contributed by atoms with van der Waals surface area (Å²) in [5.41, 5.74) is 3.88. The third kappa shape index (κ3) is 3.21. The Bertz CT molecular complexity index is 417. The number of hydrogen-bond acceptors (Lipinski definition) is 0. The summed E-state index contributed by atoms with van der Waals surface area (Å²) in [6.07, 6.45) is 3.28. The van der Waals surface area contributed by atoms with Crippen molar-refractivity contribution in [1.82, 2.24) is 0 Å². The first-order valence-corrected chi connectivity index (χ1v) is 6.55. The standard InChI is InChI=1S/C15H14Br/c16-11-10-13-6-8-15(9-7-13)12-14-4-2-1-3-5-14/h1-9,12H,10-11H2. The molecule has 2 aromatic carbocycles. The van der Waals surface area contributed by atoms with Crippen molar-refractivity contribution in [3.63, 3.8) is 0 Å². The second-order valence-electron chi connectivity index (χ2n) is 3.74. The van der Waals surface area contributed by atoms with Crippen molar-refractivity contribution in [2.24, 2.45) is 0 Å². The molecule has 2 rings (SSSR count). The van der Waals surface area contributed by atoms with E-state index in [9.17, 15) is 0 Å². The monoisotopic (exact) mass is 273 g/mol. The summed E-state index contributed by atoms with van der Waals surface area (Å²) >= 11 is 3.45. The molecule has 2 aromatic rings. The summed E-state index contributed by atoms with van der Waals surface area (Å²) in [4.78, 5) is 0. The average molecular weight is 274 g/mol. The van der Waals surface area contributed by atoms with Crippen LogP contribution in [0.2, 0.25) is 0 Å². The van der Waals surface area contributed by atoms with Crippen LogP contribution in [0.3, 0.4) is 0 Å². The van der Waals surface area contributed by atoms with Gasteiger partial charge in [-0.15, -0.1) is 0 Å². The summed E-state index contributed by atoms with van der Waals surface area (Å²) in [7, 11) is 0. The van der Waals surface area contributed by atoms with Gasteiger partial charge < -0.3 is 0 Å². The molecule has 0 spiro atoms. The molecule has 0 atom stereocenters. The van der Waals surface area contributed by atoms with E-state index in [0.717, 1.165) is 11.8 Å². The molecule has 0 saturated heterocycles. The van der Waals surface area contributed by atoms with Crippen molar-refractivity contribution in [1.29, 1.82) is 0 Å². The molecule has 0 aromatic heterocycles. The molecule has 0 saturated carbocycles. The minimum atomic E-state index is 1.02. The van der Waals surface area contributed by atoms with Gasteiger partial charge >= 0.3 is 0 Å². The van der Waals surface area contributed by atoms with E-state index in [0.29, 0.717) is 0 Å². The quantitative estimate of drug-likeness (QED) is 0.732. The van der Waals surface area contributed by atoms with E-state index < -0.39 is 0 Å². The van der Waals surface area contributed by atoms with Crippen molar-refractivity contribution in [2.45, 2.75) is 6.42 Å². The van der Waals surface area contributed by atoms with Gasteiger partial charge in [0.1, 0.15) is 0 Å². The minimum Gasteiger partial charge on any atom is -0.0924 e. The van der Waals surface area contributed by atoms with Crippen LogP contribution in [0.25, 0.3) is 0 Å². The highest BCUT2D eigenvalue weighted by atomic mass is 79.9. The summed E-state index contributed by atoms with van der Waals surface area (Å²) in [6.45, 7) is 0. The fourth-order valence-electron chi connectivity index (χ4n) is 1.63. The number of rotatable bonds is 4. The summed E-state index contributed by atoms with van der Waals surface area (Å²) in [5, 5.41) is 1.02. The highest BCUT2D eigenvalue weighted by molar-refractivity contribution is 9.09. The molecule has 0 unspecified atom stereocenters. The Morgan fingerprint density at radius 3 is 2.06 bits per heavy atom. The molecule has 0 aliphatic heterocycles. The molecular formula is C15H14Br. The number of halogens is 1. The third-order valence-corrected chi connectivity index (χ3v) is 2.89. The zero-order chi connectivity index (χ0) is 11.2. The number of alkyl halides is 1. The third-order valence-electron chi connectivity index (χ3n) is 2.50. The molecule has 0 fully saturated rings. The first kappa shape index (κ1) is 11.4. The van der Waals surface area contributed by atoms with E-state index in [1.54, 1.807) is 0 Å². The lowest BCUT2D eigenvalue weighted by atomic mass is 10.0. The Morgan fingerprint density at radius 1 is 0.812 bits per heavy atom. The maximum Gasteiger partial charge on any atom is 0.0199 e. The Kier molecular flexibility index (Phi) is 4.17. The van der Waals surface area contributed by atoms with Crippen molar-refractivity contribution < 1.29 is 0 Å². The lowest BCUT2D eigenvalue weighted by Gasteiger charge is -2.03. The molecule has 0 N–H and O–H groups in total. The number of benzene rings is 2. The van der Waals surface area contributed by atoms with E-state index in [-0.39, 0.29) is 0 Å². The predicted molar refractivity (Wildman–Crippen MR) is 72.9 cm³/mol. The van der Waals surface area contributed by atoms with Crippen molar-refractivity contribution in [3.8, 4) is 0 Å².